The Morgan fingerprint density at radius 2 is 2.15 bits per heavy atom. The molecule has 4 nitrogen and oxygen atoms in total. The van der Waals surface area contributed by atoms with E-state index in [1.165, 1.54) is 4.90 Å². The summed E-state index contributed by atoms with van der Waals surface area (Å²) < 4.78 is 5.22. The number of ether oxygens (including phenoxy) is 1. The van der Waals surface area contributed by atoms with Crippen molar-refractivity contribution >= 4 is 6.09 Å². The molecule has 0 radical (unpaired) electrons. The van der Waals surface area contributed by atoms with Crippen molar-refractivity contribution in [2.75, 3.05) is 26.8 Å². The van der Waals surface area contributed by atoms with Gasteiger partial charge in [0.1, 0.15) is 0 Å². The van der Waals surface area contributed by atoms with Crippen molar-refractivity contribution in [1.29, 1.82) is 0 Å². The first-order valence-corrected chi connectivity index (χ1v) is 4.72. The normalized spacial score (nSPS) is 18.5. The third kappa shape index (κ3) is 3.63. The zero-order chi connectivity index (χ0) is 9.68. The molecule has 1 fully saturated rings. The van der Waals surface area contributed by atoms with Gasteiger partial charge < -0.3 is 14.7 Å². The molecule has 1 heterocycles. The summed E-state index contributed by atoms with van der Waals surface area (Å²) in [4.78, 5) is 11.8. The second kappa shape index (κ2) is 5.07. The maximum atomic E-state index is 10.5. The van der Waals surface area contributed by atoms with E-state index in [-0.39, 0.29) is 0 Å². The summed E-state index contributed by atoms with van der Waals surface area (Å²) in [6.45, 7) is 2.31. The van der Waals surface area contributed by atoms with Crippen LogP contribution in [0.3, 0.4) is 0 Å². The second-order valence-electron chi connectivity index (χ2n) is 3.55. The van der Waals surface area contributed by atoms with Crippen LogP contribution in [-0.4, -0.2) is 42.9 Å². The predicted molar refractivity (Wildman–Crippen MR) is 48.8 cm³/mol. The van der Waals surface area contributed by atoms with Crippen LogP contribution in [-0.2, 0) is 4.74 Å². The Kier molecular flexibility index (Phi) is 4.02. The van der Waals surface area contributed by atoms with E-state index < -0.39 is 6.09 Å². The summed E-state index contributed by atoms with van der Waals surface area (Å²) in [6, 6.07) is 0. The largest absolute Gasteiger partial charge is 0.465 e. The van der Waals surface area contributed by atoms with Crippen LogP contribution in [0.4, 0.5) is 4.79 Å². The zero-order valence-electron chi connectivity index (χ0n) is 8.03. The molecule has 1 saturated heterocycles. The molecule has 0 saturated carbocycles. The van der Waals surface area contributed by atoms with Crippen molar-refractivity contribution in [2.45, 2.75) is 19.3 Å². The van der Waals surface area contributed by atoms with E-state index in [2.05, 4.69) is 0 Å². The molecule has 1 N–H and O–H groups in total. The van der Waals surface area contributed by atoms with Crippen LogP contribution in [0.15, 0.2) is 0 Å². The molecule has 1 rings (SSSR count). The van der Waals surface area contributed by atoms with E-state index >= 15 is 0 Å². The first-order chi connectivity index (χ1) is 6.20. The smallest absolute Gasteiger partial charge is 0.407 e. The van der Waals surface area contributed by atoms with E-state index in [0.717, 1.165) is 32.5 Å². The van der Waals surface area contributed by atoms with Crippen LogP contribution >= 0.6 is 0 Å². The average molecular weight is 187 g/mol. The number of hydrogen-bond acceptors (Lipinski definition) is 2. The molecule has 0 bridgehead atoms. The molecule has 0 aliphatic carbocycles. The molecule has 1 amide bonds. The highest BCUT2D eigenvalue weighted by Crippen LogP contribution is 2.18. The third-order valence-electron chi connectivity index (χ3n) is 2.54. The van der Waals surface area contributed by atoms with Gasteiger partial charge in [0.2, 0.25) is 0 Å². The van der Waals surface area contributed by atoms with E-state index in [0.29, 0.717) is 12.5 Å². The lowest BCUT2D eigenvalue weighted by atomic mass is 9.96. The van der Waals surface area contributed by atoms with E-state index in [1.54, 1.807) is 7.05 Å². The fourth-order valence-corrected chi connectivity index (χ4v) is 1.51. The van der Waals surface area contributed by atoms with Gasteiger partial charge in [0.25, 0.3) is 0 Å². The Balaban J connectivity index is 2.13. The Bertz CT molecular complexity index is 166. The Morgan fingerprint density at radius 3 is 2.69 bits per heavy atom. The van der Waals surface area contributed by atoms with Gasteiger partial charge in [-0.15, -0.1) is 0 Å². The lowest BCUT2D eigenvalue weighted by molar-refractivity contribution is 0.0609. The minimum Gasteiger partial charge on any atom is -0.465 e. The van der Waals surface area contributed by atoms with Gasteiger partial charge in [0.05, 0.1) is 0 Å². The molecule has 0 spiro atoms. The highest BCUT2D eigenvalue weighted by molar-refractivity contribution is 5.64. The summed E-state index contributed by atoms with van der Waals surface area (Å²) in [5, 5.41) is 8.61. The quantitative estimate of drug-likeness (QED) is 0.726. The van der Waals surface area contributed by atoms with E-state index in [4.69, 9.17) is 9.84 Å². The fourth-order valence-electron chi connectivity index (χ4n) is 1.51. The van der Waals surface area contributed by atoms with Crippen molar-refractivity contribution < 1.29 is 14.6 Å². The highest BCUT2D eigenvalue weighted by Gasteiger charge is 2.15. The molecule has 13 heavy (non-hydrogen) atoms. The number of hydrogen-bond donors (Lipinski definition) is 1. The number of carbonyl (C=O) groups is 1. The van der Waals surface area contributed by atoms with Crippen LogP contribution < -0.4 is 0 Å². The molecular formula is C9H17NO3. The molecule has 4 heteroatoms. The minimum atomic E-state index is -0.841. The predicted octanol–water partition coefficient (Wildman–Crippen LogP) is 1.41. The SMILES string of the molecule is CN(CCC1CCOCC1)C(=O)O. The van der Waals surface area contributed by atoms with Crippen LogP contribution in [0.2, 0.25) is 0 Å². The molecule has 1 aliphatic heterocycles. The molecule has 0 aromatic rings. The van der Waals surface area contributed by atoms with Gasteiger partial charge in [-0.3, -0.25) is 0 Å². The average Bonchev–Trinajstić information content (AvgIpc) is 2.15. The van der Waals surface area contributed by atoms with Crippen molar-refractivity contribution in [3.8, 4) is 0 Å². The summed E-state index contributed by atoms with van der Waals surface area (Å²) >= 11 is 0. The molecule has 1 aliphatic rings. The van der Waals surface area contributed by atoms with Crippen LogP contribution in [0.1, 0.15) is 19.3 Å². The number of nitrogens with zero attached hydrogens (tertiary/aromatic N) is 1. The molecule has 0 unspecified atom stereocenters. The fraction of sp³-hybridized carbons (Fsp3) is 0.889. The number of rotatable bonds is 3. The van der Waals surface area contributed by atoms with Crippen molar-refractivity contribution in [3.05, 3.63) is 0 Å². The Morgan fingerprint density at radius 1 is 1.54 bits per heavy atom. The van der Waals surface area contributed by atoms with Gasteiger partial charge in [-0.1, -0.05) is 0 Å². The van der Waals surface area contributed by atoms with Crippen LogP contribution in [0.5, 0.6) is 0 Å². The van der Waals surface area contributed by atoms with Gasteiger partial charge in [-0.2, -0.15) is 0 Å². The monoisotopic (exact) mass is 187 g/mol. The summed E-state index contributed by atoms with van der Waals surface area (Å²) in [7, 11) is 1.61. The van der Waals surface area contributed by atoms with E-state index in [1.807, 2.05) is 0 Å². The van der Waals surface area contributed by atoms with Crippen molar-refractivity contribution in [2.24, 2.45) is 5.92 Å². The molecule has 76 valence electrons. The van der Waals surface area contributed by atoms with Gasteiger partial charge in [-0.25, -0.2) is 4.79 Å². The van der Waals surface area contributed by atoms with Gasteiger partial charge in [-0.05, 0) is 25.2 Å². The van der Waals surface area contributed by atoms with E-state index in [9.17, 15) is 4.79 Å². The minimum absolute atomic E-state index is 0.639. The third-order valence-corrected chi connectivity index (χ3v) is 2.54. The summed E-state index contributed by atoms with van der Waals surface area (Å²) in [5.41, 5.74) is 0. The second-order valence-corrected chi connectivity index (χ2v) is 3.55. The van der Waals surface area contributed by atoms with Crippen LogP contribution in [0, 0.1) is 5.92 Å². The highest BCUT2D eigenvalue weighted by atomic mass is 16.5. The van der Waals surface area contributed by atoms with Crippen LogP contribution in [0.25, 0.3) is 0 Å². The van der Waals surface area contributed by atoms with Crippen molar-refractivity contribution in [1.82, 2.24) is 4.90 Å². The first-order valence-electron chi connectivity index (χ1n) is 4.72. The lowest BCUT2D eigenvalue weighted by Crippen LogP contribution is -2.28. The number of amides is 1. The zero-order valence-corrected chi connectivity index (χ0v) is 8.03. The van der Waals surface area contributed by atoms with Crippen molar-refractivity contribution in [3.63, 3.8) is 0 Å². The standard InChI is InChI=1S/C9H17NO3/c1-10(9(11)12)5-2-8-3-6-13-7-4-8/h8H,2-7H2,1H3,(H,11,12). The summed E-state index contributed by atoms with van der Waals surface area (Å²) in [5.74, 6) is 0.649. The molecule has 0 atom stereocenters. The topological polar surface area (TPSA) is 49.8 Å². The van der Waals surface area contributed by atoms with Gasteiger partial charge >= 0.3 is 6.09 Å². The molecule has 0 aromatic heterocycles. The maximum absolute atomic E-state index is 10.5. The number of carboxylic acid groups (broad SMARTS) is 1. The van der Waals surface area contributed by atoms with Gasteiger partial charge in [0, 0.05) is 26.8 Å². The Hall–Kier alpha value is -0.770. The first kappa shape index (κ1) is 10.3. The molecule has 0 aromatic carbocycles. The molecular weight excluding hydrogens is 170 g/mol. The maximum Gasteiger partial charge on any atom is 0.407 e. The Labute approximate surface area is 78.5 Å². The summed E-state index contributed by atoms with van der Waals surface area (Å²) in [6.07, 6.45) is 2.28. The lowest BCUT2D eigenvalue weighted by Gasteiger charge is -2.23. The van der Waals surface area contributed by atoms with Gasteiger partial charge in [0.15, 0.2) is 0 Å².